The van der Waals surface area contributed by atoms with Crippen molar-refractivity contribution < 1.29 is 9.18 Å². The van der Waals surface area contributed by atoms with Gasteiger partial charge in [-0.25, -0.2) is 4.39 Å². The maximum atomic E-state index is 12.5. The minimum absolute atomic E-state index is 0.0721. The molecular weight excluding hydrogens is 472 g/mol. The summed E-state index contributed by atoms with van der Waals surface area (Å²) in [5.41, 5.74) is 3.97. The van der Waals surface area contributed by atoms with Crippen LogP contribution < -0.4 is 16.0 Å². The maximum absolute atomic E-state index is 12.5. The molecule has 6 nitrogen and oxygen atoms in total. The van der Waals surface area contributed by atoms with Crippen LogP contribution in [0.15, 0.2) is 52.7 Å². The number of hydrogen-bond acceptors (Lipinski definition) is 4. The average Bonchev–Trinajstić information content (AvgIpc) is 2.68. The van der Waals surface area contributed by atoms with Gasteiger partial charge >= 0.3 is 0 Å². The van der Waals surface area contributed by atoms with Crippen LogP contribution in [0.5, 0.6) is 0 Å². The van der Waals surface area contributed by atoms with Crippen molar-refractivity contribution in [2.75, 3.05) is 12.0 Å². The van der Waals surface area contributed by atoms with Crippen LogP contribution in [0.25, 0.3) is 0 Å². The van der Waals surface area contributed by atoms with E-state index in [-0.39, 0.29) is 5.11 Å². The third-order valence-corrected chi connectivity index (χ3v) is 4.75. The van der Waals surface area contributed by atoms with Gasteiger partial charge in [0.2, 0.25) is 3.79 Å². The fourth-order valence-electron chi connectivity index (χ4n) is 2.33. The molecule has 0 saturated heterocycles. The van der Waals surface area contributed by atoms with Crippen molar-refractivity contribution in [2.45, 2.75) is 23.8 Å². The van der Waals surface area contributed by atoms with Crippen LogP contribution in [0, 0.1) is 13.8 Å². The van der Waals surface area contributed by atoms with Gasteiger partial charge in [-0.05, 0) is 61.5 Å². The van der Waals surface area contributed by atoms with Crippen LogP contribution in [0.3, 0.4) is 0 Å². The quantitative estimate of drug-likeness (QED) is 0.207. The zero-order valence-electron chi connectivity index (χ0n) is 16.0. The minimum Gasteiger partial charge on any atom is -0.339 e. The van der Waals surface area contributed by atoms with E-state index in [1.807, 2.05) is 44.2 Å². The first-order valence-electron chi connectivity index (χ1n) is 8.67. The lowest BCUT2D eigenvalue weighted by atomic mass is 10.2. The van der Waals surface area contributed by atoms with Gasteiger partial charge in [-0.2, -0.15) is 10.2 Å². The number of rotatable bonds is 6. The number of nitrogens with zero attached hydrogens (tertiary/aromatic N) is 2. The van der Waals surface area contributed by atoms with E-state index in [9.17, 15) is 9.18 Å². The number of alkyl halides is 4. The summed E-state index contributed by atoms with van der Waals surface area (Å²) in [6.45, 7) is 2.56. The molecule has 0 spiro atoms. The standard InChI is InChI=1S/C19H19Cl3FN5OS/c1-11-5-3-4-6-15(11)28-27-13-7-8-14(12(2)9-13)24-18(30)26-17(19(20,21)22)25-16(29)10-23/h3-9,17H,10H2,1-2H3,(H,25,29)(H2,24,26,30)/t17-/m0/s1. The summed E-state index contributed by atoms with van der Waals surface area (Å²) in [6.07, 6.45) is -1.23. The SMILES string of the molecule is Cc1ccccc1N=Nc1ccc(NC(=S)N[C@H](NC(=O)CF)C(Cl)(Cl)Cl)c(C)c1. The molecular formula is C19H19Cl3FN5OS. The van der Waals surface area contributed by atoms with E-state index in [0.717, 1.165) is 16.8 Å². The molecule has 3 N–H and O–H groups in total. The molecule has 0 bridgehead atoms. The largest absolute Gasteiger partial charge is 0.339 e. The van der Waals surface area contributed by atoms with Gasteiger partial charge in [-0.3, -0.25) is 4.79 Å². The summed E-state index contributed by atoms with van der Waals surface area (Å²) in [5.74, 6) is -0.943. The van der Waals surface area contributed by atoms with E-state index in [1.165, 1.54) is 0 Å². The summed E-state index contributed by atoms with van der Waals surface area (Å²) in [6, 6.07) is 13.0. The highest BCUT2D eigenvalue weighted by molar-refractivity contribution is 7.80. The maximum Gasteiger partial charge on any atom is 0.253 e. The van der Waals surface area contributed by atoms with Gasteiger partial charge in [0.15, 0.2) is 11.8 Å². The van der Waals surface area contributed by atoms with Gasteiger partial charge in [0.05, 0.1) is 11.4 Å². The third kappa shape index (κ3) is 7.36. The molecule has 11 heteroatoms. The Balaban J connectivity index is 2.07. The lowest BCUT2D eigenvalue weighted by molar-refractivity contribution is -0.122. The van der Waals surface area contributed by atoms with Crippen molar-refractivity contribution in [3.63, 3.8) is 0 Å². The number of aryl methyl sites for hydroxylation is 2. The predicted octanol–water partition coefficient (Wildman–Crippen LogP) is 5.79. The summed E-state index contributed by atoms with van der Waals surface area (Å²) >= 11 is 22.7. The fourth-order valence-corrected chi connectivity index (χ4v) is 2.88. The molecule has 0 unspecified atom stereocenters. The molecule has 0 aliphatic heterocycles. The van der Waals surface area contributed by atoms with Crippen molar-refractivity contribution in [2.24, 2.45) is 10.2 Å². The number of carbonyl (C=O) groups excluding carboxylic acids is 1. The van der Waals surface area contributed by atoms with Crippen LogP contribution >= 0.6 is 47.0 Å². The lowest BCUT2D eigenvalue weighted by Crippen LogP contribution is -2.56. The average molecular weight is 491 g/mol. The molecule has 2 aromatic rings. The highest BCUT2D eigenvalue weighted by Gasteiger charge is 2.34. The minimum atomic E-state index is -1.95. The van der Waals surface area contributed by atoms with E-state index in [4.69, 9.17) is 47.0 Å². The summed E-state index contributed by atoms with van der Waals surface area (Å²) in [5, 5.41) is 16.4. The number of halogens is 4. The topological polar surface area (TPSA) is 77.9 Å². The molecule has 0 aliphatic rings. The number of amides is 1. The van der Waals surface area contributed by atoms with E-state index in [0.29, 0.717) is 11.4 Å². The molecule has 0 saturated carbocycles. The second-order valence-electron chi connectivity index (χ2n) is 6.26. The van der Waals surface area contributed by atoms with E-state index in [1.54, 1.807) is 12.1 Å². The van der Waals surface area contributed by atoms with E-state index in [2.05, 4.69) is 26.2 Å². The van der Waals surface area contributed by atoms with Gasteiger partial charge in [-0.15, -0.1) is 0 Å². The normalized spacial score (nSPS) is 12.5. The lowest BCUT2D eigenvalue weighted by Gasteiger charge is -2.27. The molecule has 0 fully saturated rings. The molecule has 0 heterocycles. The summed E-state index contributed by atoms with van der Waals surface area (Å²) in [7, 11) is 0. The Morgan fingerprint density at radius 3 is 2.40 bits per heavy atom. The van der Waals surface area contributed by atoms with Crippen molar-refractivity contribution in [1.82, 2.24) is 10.6 Å². The Hall–Kier alpha value is -2.00. The molecule has 0 radical (unpaired) electrons. The van der Waals surface area contributed by atoms with Crippen molar-refractivity contribution >= 4 is 75.1 Å². The molecule has 1 atom stereocenters. The summed E-state index contributed by atoms with van der Waals surface area (Å²) in [4.78, 5) is 11.3. The smallest absolute Gasteiger partial charge is 0.253 e. The van der Waals surface area contributed by atoms with Crippen molar-refractivity contribution in [1.29, 1.82) is 0 Å². The number of anilines is 1. The number of benzene rings is 2. The number of nitrogens with one attached hydrogen (secondary N) is 3. The monoisotopic (exact) mass is 489 g/mol. The zero-order valence-corrected chi connectivity index (χ0v) is 19.1. The molecule has 30 heavy (non-hydrogen) atoms. The second-order valence-corrected chi connectivity index (χ2v) is 9.04. The van der Waals surface area contributed by atoms with Gasteiger partial charge in [0.1, 0.15) is 6.17 Å². The Morgan fingerprint density at radius 1 is 1.10 bits per heavy atom. The van der Waals surface area contributed by atoms with Gasteiger partial charge in [0.25, 0.3) is 5.91 Å². The number of thiocarbonyl (C=S) groups is 1. The highest BCUT2D eigenvalue weighted by atomic mass is 35.6. The Labute approximate surface area is 194 Å². The first kappa shape index (κ1) is 24.3. The fraction of sp³-hybridized carbons (Fsp3) is 0.263. The molecule has 2 aromatic carbocycles. The zero-order chi connectivity index (χ0) is 22.3. The predicted molar refractivity (Wildman–Crippen MR) is 124 cm³/mol. The first-order valence-corrected chi connectivity index (χ1v) is 10.2. The van der Waals surface area contributed by atoms with Crippen LogP contribution in [-0.4, -0.2) is 27.7 Å². The number of azo groups is 1. The van der Waals surface area contributed by atoms with Crippen LogP contribution in [0.2, 0.25) is 0 Å². The Morgan fingerprint density at radius 2 is 1.80 bits per heavy atom. The molecule has 1 amide bonds. The number of hydrogen-bond donors (Lipinski definition) is 3. The molecule has 160 valence electrons. The van der Waals surface area contributed by atoms with Crippen LogP contribution in [-0.2, 0) is 4.79 Å². The molecule has 0 aromatic heterocycles. The molecule has 0 aliphatic carbocycles. The molecule has 2 rings (SSSR count). The van der Waals surface area contributed by atoms with E-state index >= 15 is 0 Å². The van der Waals surface area contributed by atoms with Crippen LogP contribution in [0.1, 0.15) is 11.1 Å². The first-order chi connectivity index (χ1) is 14.1. The second kappa shape index (κ2) is 10.9. The van der Waals surface area contributed by atoms with Crippen molar-refractivity contribution in [3.05, 3.63) is 53.6 Å². The third-order valence-electron chi connectivity index (χ3n) is 3.88. The van der Waals surface area contributed by atoms with Crippen LogP contribution in [0.4, 0.5) is 21.5 Å². The van der Waals surface area contributed by atoms with Gasteiger partial charge < -0.3 is 16.0 Å². The van der Waals surface area contributed by atoms with Gasteiger partial charge in [0, 0.05) is 5.69 Å². The van der Waals surface area contributed by atoms with Crippen molar-refractivity contribution in [3.8, 4) is 0 Å². The summed E-state index contributed by atoms with van der Waals surface area (Å²) < 4.78 is 10.5. The Kier molecular flexibility index (Phi) is 8.78. The van der Waals surface area contributed by atoms with E-state index < -0.39 is 22.5 Å². The van der Waals surface area contributed by atoms with Gasteiger partial charge in [-0.1, -0.05) is 53.0 Å². The highest BCUT2D eigenvalue weighted by Crippen LogP contribution is 2.29. The Bertz CT molecular complexity index is 952. The number of carbonyl (C=O) groups is 1.